The smallest absolute Gasteiger partial charge is 0.0847 e. The first-order valence-electron chi connectivity index (χ1n) is 4.59. The molecule has 0 radical (unpaired) electrons. The van der Waals surface area contributed by atoms with E-state index >= 15 is 0 Å². The van der Waals surface area contributed by atoms with E-state index in [4.69, 9.17) is 23.2 Å². The Labute approximate surface area is 122 Å². The second kappa shape index (κ2) is 6.45. The number of hydrogen-bond acceptors (Lipinski definition) is 2. The van der Waals surface area contributed by atoms with Crippen molar-refractivity contribution in [3.63, 3.8) is 0 Å². The number of halogens is 4. The summed E-state index contributed by atoms with van der Waals surface area (Å²) >= 11 is 18.4. The van der Waals surface area contributed by atoms with E-state index in [1.165, 1.54) is 0 Å². The standard InChI is InChI=1S/C10H11Br2Cl2NO/c1-5-9(14)7(11)2-8(12)10(5)15-4-6(16)3-13/h2,6,15-16H,3-4H2,1H3. The van der Waals surface area contributed by atoms with Crippen LogP contribution in [-0.4, -0.2) is 23.6 Å². The molecule has 1 rings (SSSR count). The van der Waals surface area contributed by atoms with Crippen molar-refractivity contribution >= 4 is 60.7 Å². The highest BCUT2D eigenvalue weighted by Crippen LogP contribution is 2.37. The molecule has 0 aromatic heterocycles. The highest BCUT2D eigenvalue weighted by atomic mass is 79.9. The summed E-state index contributed by atoms with van der Waals surface area (Å²) in [5.41, 5.74) is 1.79. The zero-order valence-electron chi connectivity index (χ0n) is 8.53. The molecule has 0 bridgehead atoms. The van der Waals surface area contributed by atoms with Gasteiger partial charge in [-0.3, -0.25) is 0 Å². The molecule has 6 heteroatoms. The van der Waals surface area contributed by atoms with Crippen LogP contribution in [0.2, 0.25) is 5.02 Å². The molecule has 0 heterocycles. The molecule has 0 fully saturated rings. The Morgan fingerprint density at radius 2 is 2.06 bits per heavy atom. The second-order valence-corrected chi connectivity index (χ2v) is 5.74. The van der Waals surface area contributed by atoms with Gasteiger partial charge in [-0.05, 0) is 50.4 Å². The molecule has 16 heavy (non-hydrogen) atoms. The van der Waals surface area contributed by atoms with E-state index < -0.39 is 6.10 Å². The summed E-state index contributed by atoms with van der Waals surface area (Å²) in [5.74, 6) is 0.202. The van der Waals surface area contributed by atoms with Gasteiger partial charge < -0.3 is 10.4 Å². The van der Waals surface area contributed by atoms with Crippen molar-refractivity contribution in [2.45, 2.75) is 13.0 Å². The zero-order valence-corrected chi connectivity index (χ0v) is 13.2. The Bertz CT molecular complexity index is 388. The Morgan fingerprint density at radius 1 is 1.44 bits per heavy atom. The zero-order chi connectivity index (χ0) is 12.3. The molecule has 1 unspecified atom stereocenters. The molecule has 0 amide bonds. The molecular formula is C10H11Br2Cl2NO. The highest BCUT2D eigenvalue weighted by Gasteiger charge is 2.12. The molecular weight excluding hydrogens is 381 g/mol. The van der Waals surface area contributed by atoms with Crippen molar-refractivity contribution in [1.29, 1.82) is 0 Å². The summed E-state index contributed by atoms with van der Waals surface area (Å²) in [7, 11) is 0. The number of rotatable bonds is 4. The SMILES string of the molecule is Cc1c(Cl)c(Br)cc(Br)c1NCC(O)CCl. The monoisotopic (exact) mass is 389 g/mol. The van der Waals surface area contributed by atoms with Crippen LogP contribution in [-0.2, 0) is 0 Å². The Morgan fingerprint density at radius 3 is 2.62 bits per heavy atom. The summed E-state index contributed by atoms with van der Waals surface area (Å²) in [6, 6.07) is 1.87. The Kier molecular flexibility index (Phi) is 5.88. The van der Waals surface area contributed by atoms with E-state index in [0.717, 1.165) is 20.2 Å². The maximum Gasteiger partial charge on any atom is 0.0847 e. The van der Waals surface area contributed by atoms with E-state index in [9.17, 15) is 5.11 Å². The predicted octanol–water partition coefficient (Wildman–Crippen LogP) is 4.19. The van der Waals surface area contributed by atoms with E-state index in [0.29, 0.717) is 11.6 Å². The predicted molar refractivity (Wildman–Crippen MR) is 76.8 cm³/mol. The third kappa shape index (κ3) is 3.50. The Balaban J connectivity index is 2.92. The second-order valence-electron chi connectivity index (χ2n) is 3.34. The first-order valence-corrected chi connectivity index (χ1v) is 7.09. The molecule has 2 nitrogen and oxygen atoms in total. The molecule has 2 N–H and O–H groups in total. The molecule has 0 saturated heterocycles. The first-order chi connectivity index (χ1) is 7.47. The maximum atomic E-state index is 9.37. The van der Waals surface area contributed by atoms with Crippen molar-refractivity contribution < 1.29 is 5.11 Å². The molecule has 0 aliphatic carbocycles. The summed E-state index contributed by atoms with van der Waals surface area (Å²) in [5, 5.41) is 13.1. The minimum Gasteiger partial charge on any atom is -0.390 e. The van der Waals surface area contributed by atoms with Crippen LogP contribution >= 0.6 is 55.1 Å². The van der Waals surface area contributed by atoms with Crippen molar-refractivity contribution in [1.82, 2.24) is 0 Å². The van der Waals surface area contributed by atoms with E-state index in [-0.39, 0.29) is 5.88 Å². The number of aliphatic hydroxyl groups is 1. The molecule has 1 atom stereocenters. The van der Waals surface area contributed by atoms with Crippen LogP contribution in [0.5, 0.6) is 0 Å². The van der Waals surface area contributed by atoms with Gasteiger partial charge in [0, 0.05) is 15.5 Å². The summed E-state index contributed by atoms with van der Waals surface area (Å²) in [4.78, 5) is 0. The van der Waals surface area contributed by atoms with Gasteiger partial charge in [-0.2, -0.15) is 0 Å². The minimum absolute atomic E-state index is 0.202. The molecule has 0 saturated carbocycles. The summed E-state index contributed by atoms with van der Waals surface area (Å²) in [6.45, 7) is 2.30. The third-order valence-corrected chi connectivity index (χ3v) is 4.42. The molecule has 1 aromatic rings. The summed E-state index contributed by atoms with van der Waals surface area (Å²) in [6.07, 6.45) is -0.574. The quantitative estimate of drug-likeness (QED) is 0.596. The van der Waals surface area contributed by atoms with Gasteiger partial charge in [0.2, 0.25) is 0 Å². The van der Waals surface area contributed by atoms with Crippen LogP contribution in [0.1, 0.15) is 5.56 Å². The number of alkyl halides is 1. The topological polar surface area (TPSA) is 32.3 Å². The van der Waals surface area contributed by atoms with Gasteiger partial charge in [0.25, 0.3) is 0 Å². The van der Waals surface area contributed by atoms with Crippen LogP contribution in [0.15, 0.2) is 15.0 Å². The fourth-order valence-corrected chi connectivity index (χ4v) is 2.96. The highest BCUT2D eigenvalue weighted by molar-refractivity contribution is 9.11. The fourth-order valence-electron chi connectivity index (χ4n) is 1.21. The number of aliphatic hydroxyl groups excluding tert-OH is 1. The van der Waals surface area contributed by atoms with Gasteiger partial charge in [0.15, 0.2) is 0 Å². The van der Waals surface area contributed by atoms with Crippen molar-refractivity contribution in [3.8, 4) is 0 Å². The average molecular weight is 392 g/mol. The first kappa shape index (κ1) is 14.6. The van der Waals surface area contributed by atoms with Crippen LogP contribution in [0.4, 0.5) is 5.69 Å². The van der Waals surface area contributed by atoms with E-state index in [1.807, 2.05) is 13.0 Å². The largest absolute Gasteiger partial charge is 0.390 e. The van der Waals surface area contributed by atoms with Crippen molar-refractivity contribution in [3.05, 3.63) is 25.6 Å². The van der Waals surface area contributed by atoms with Gasteiger partial charge in [0.1, 0.15) is 0 Å². The molecule has 90 valence electrons. The van der Waals surface area contributed by atoms with Gasteiger partial charge >= 0.3 is 0 Å². The number of anilines is 1. The Hall–Kier alpha value is 0.520. The lowest BCUT2D eigenvalue weighted by molar-refractivity contribution is 0.211. The normalized spacial score (nSPS) is 12.6. The van der Waals surface area contributed by atoms with Crippen LogP contribution < -0.4 is 5.32 Å². The fraction of sp³-hybridized carbons (Fsp3) is 0.400. The van der Waals surface area contributed by atoms with E-state index in [2.05, 4.69) is 37.2 Å². The number of benzene rings is 1. The lowest BCUT2D eigenvalue weighted by atomic mass is 10.2. The summed E-state index contributed by atoms with van der Waals surface area (Å²) < 4.78 is 1.73. The van der Waals surface area contributed by atoms with Gasteiger partial charge in [0.05, 0.1) is 22.7 Å². The molecule has 0 spiro atoms. The minimum atomic E-state index is -0.574. The van der Waals surface area contributed by atoms with Crippen LogP contribution in [0, 0.1) is 6.92 Å². The third-order valence-electron chi connectivity index (χ3n) is 2.10. The lowest BCUT2D eigenvalue weighted by Gasteiger charge is -2.15. The van der Waals surface area contributed by atoms with Crippen LogP contribution in [0.3, 0.4) is 0 Å². The van der Waals surface area contributed by atoms with Crippen molar-refractivity contribution in [2.75, 3.05) is 17.7 Å². The molecule has 0 aliphatic rings. The number of hydrogen-bond donors (Lipinski definition) is 2. The molecule has 1 aromatic carbocycles. The average Bonchev–Trinajstić information content (AvgIpc) is 2.25. The van der Waals surface area contributed by atoms with Gasteiger partial charge in [-0.15, -0.1) is 11.6 Å². The van der Waals surface area contributed by atoms with Gasteiger partial charge in [-0.1, -0.05) is 11.6 Å². The maximum absolute atomic E-state index is 9.37. The van der Waals surface area contributed by atoms with E-state index in [1.54, 1.807) is 0 Å². The van der Waals surface area contributed by atoms with Gasteiger partial charge in [-0.25, -0.2) is 0 Å². The van der Waals surface area contributed by atoms with Crippen LogP contribution in [0.25, 0.3) is 0 Å². The number of nitrogens with one attached hydrogen (secondary N) is 1. The lowest BCUT2D eigenvalue weighted by Crippen LogP contribution is -2.21. The van der Waals surface area contributed by atoms with Crippen molar-refractivity contribution in [2.24, 2.45) is 0 Å². The molecule has 0 aliphatic heterocycles.